The lowest BCUT2D eigenvalue weighted by atomic mass is 10.0. The van der Waals surface area contributed by atoms with Crippen molar-refractivity contribution in [2.24, 2.45) is 17.3 Å². The zero-order valence-corrected chi connectivity index (χ0v) is 14.9. The minimum atomic E-state index is -0.390. The van der Waals surface area contributed by atoms with Crippen LogP contribution in [0, 0.1) is 12.3 Å². The van der Waals surface area contributed by atoms with Gasteiger partial charge in [0, 0.05) is 50.2 Å². The summed E-state index contributed by atoms with van der Waals surface area (Å²) in [4.78, 5) is 12.5. The van der Waals surface area contributed by atoms with Gasteiger partial charge in [0.15, 0.2) is 5.66 Å². The van der Waals surface area contributed by atoms with Crippen LogP contribution in [0.3, 0.4) is 0 Å². The van der Waals surface area contributed by atoms with E-state index in [0.29, 0.717) is 30.7 Å². The van der Waals surface area contributed by atoms with Crippen molar-refractivity contribution in [3.05, 3.63) is 36.0 Å². The van der Waals surface area contributed by atoms with Crippen LogP contribution in [0.5, 0.6) is 5.75 Å². The molecule has 7 nitrogen and oxygen atoms in total. The lowest BCUT2D eigenvalue weighted by molar-refractivity contribution is 0.0952. The topological polar surface area (TPSA) is 80.9 Å². The molecule has 26 heavy (non-hydrogen) atoms. The minimum Gasteiger partial charge on any atom is -0.496 e. The first-order valence-electron chi connectivity index (χ1n) is 8.41. The van der Waals surface area contributed by atoms with E-state index in [4.69, 9.17) is 11.2 Å². The van der Waals surface area contributed by atoms with Crippen molar-refractivity contribution in [2.75, 3.05) is 13.7 Å². The molecule has 0 fully saturated rings. The zero-order valence-electron chi connectivity index (χ0n) is 14.9. The quantitative estimate of drug-likeness (QED) is 0.743. The summed E-state index contributed by atoms with van der Waals surface area (Å²) in [5.41, 5.74) is 1.69. The van der Waals surface area contributed by atoms with E-state index in [2.05, 4.69) is 26.6 Å². The number of hydrogen-bond donors (Lipinski definition) is 1. The number of aromatic nitrogens is 2. The Morgan fingerprint density at radius 2 is 2.15 bits per heavy atom. The van der Waals surface area contributed by atoms with Gasteiger partial charge in [-0.05, 0) is 24.3 Å². The number of nitrogens with one attached hydrogen (secondary N) is 1. The van der Waals surface area contributed by atoms with Gasteiger partial charge in [0.1, 0.15) is 5.75 Å². The molecule has 0 atom stereocenters. The highest BCUT2D eigenvalue weighted by molar-refractivity contribution is 5.96. The Hall–Kier alpha value is -3.14. The Balaban J connectivity index is 1.65. The van der Waals surface area contributed by atoms with Crippen molar-refractivity contribution in [3.63, 3.8) is 0 Å². The zero-order chi connectivity index (χ0) is 18.6. The molecule has 1 aromatic carbocycles. The van der Waals surface area contributed by atoms with E-state index in [0.717, 1.165) is 17.7 Å². The highest BCUT2D eigenvalue weighted by Crippen LogP contribution is 2.36. The molecule has 0 radical (unpaired) electrons. The molecule has 0 unspecified atom stereocenters. The number of terminal acetylenes is 1. The van der Waals surface area contributed by atoms with Gasteiger partial charge in [0.2, 0.25) is 0 Å². The van der Waals surface area contributed by atoms with Crippen molar-refractivity contribution >= 4 is 5.91 Å². The van der Waals surface area contributed by atoms with Crippen LogP contribution in [-0.4, -0.2) is 35.0 Å². The van der Waals surface area contributed by atoms with Gasteiger partial charge in [-0.25, -0.2) is 0 Å². The number of benzene rings is 1. The number of nitrogens with zero attached hydrogens (tertiary/aromatic N) is 4. The maximum absolute atomic E-state index is 12.5. The fraction of sp³-hybridized carbons (Fsp3) is 0.368. The molecule has 7 heteroatoms. The predicted octanol–water partition coefficient (Wildman–Crippen LogP) is 2.79. The molecule has 3 rings (SSSR count). The van der Waals surface area contributed by atoms with Crippen LogP contribution < -0.4 is 10.1 Å². The van der Waals surface area contributed by atoms with E-state index in [9.17, 15) is 4.79 Å². The molecular weight excluding hydrogens is 330 g/mol. The van der Waals surface area contributed by atoms with Crippen molar-refractivity contribution in [2.45, 2.75) is 24.9 Å². The molecule has 1 aliphatic rings. The Bertz CT molecular complexity index is 872. The van der Waals surface area contributed by atoms with Gasteiger partial charge in [0.25, 0.3) is 5.91 Å². The first-order valence-corrected chi connectivity index (χ1v) is 8.41. The summed E-state index contributed by atoms with van der Waals surface area (Å²) in [5, 5.41) is 15.4. The molecule has 0 aliphatic carbocycles. The predicted molar refractivity (Wildman–Crippen MR) is 97.8 cm³/mol. The van der Waals surface area contributed by atoms with E-state index >= 15 is 0 Å². The Morgan fingerprint density at radius 1 is 1.35 bits per heavy atom. The fourth-order valence-electron chi connectivity index (χ4n) is 2.75. The molecule has 1 amide bonds. The van der Waals surface area contributed by atoms with Gasteiger partial charge >= 0.3 is 0 Å². The molecule has 0 spiro atoms. The maximum atomic E-state index is 12.5. The first kappa shape index (κ1) is 17.7. The number of amides is 1. The van der Waals surface area contributed by atoms with E-state index in [-0.39, 0.29) is 5.91 Å². The lowest BCUT2D eigenvalue weighted by Gasteiger charge is -2.11. The molecule has 0 bridgehead atoms. The molecule has 1 aromatic heterocycles. The van der Waals surface area contributed by atoms with E-state index in [1.54, 1.807) is 30.0 Å². The van der Waals surface area contributed by atoms with Crippen LogP contribution >= 0.6 is 0 Å². The third-order valence-electron chi connectivity index (χ3n) is 4.31. The minimum absolute atomic E-state index is 0.155. The number of aryl methyl sites for hydroxylation is 1. The summed E-state index contributed by atoms with van der Waals surface area (Å²) in [6.07, 6.45) is 9.15. The van der Waals surface area contributed by atoms with Gasteiger partial charge in [-0.15, -0.1) is 12.3 Å². The third-order valence-corrected chi connectivity index (χ3v) is 4.31. The normalized spacial score (nSPS) is 13.9. The molecule has 134 valence electrons. The van der Waals surface area contributed by atoms with Crippen LogP contribution in [0.15, 0.2) is 40.7 Å². The van der Waals surface area contributed by atoms with Crippen LogP contribution in [-0.2, 0) is 7.05 Å². The van der Waals surface area contributed by atoms with E-state index in [1.165, 1.54) is 0 Å². The number of carbonyl (C=O) groups is 1. The lowest BCUT2D eigenvalue weighted by Crippen LogP contribution is -2.28. The van der Waals surface area contributed by atoms with Crippen molar-refractivity contribution in [3.8, 4) is 29.4 Å². The van der Waals surface area contributed by atoms with Gasteiger partial charge < -0.3 is 10.1 Å². The summed E-state index contributed by atoms with van der Waals surface area (Å²) in [7, 11) is 3.44. The van der Waals surface area contributed by atoms with Crippen LogP contribution in [0.4, 0.5) is 0 Å². The highest BCUT2D eigenvalue weighted by atomic mass is 16.5. The van der Waals surface area contributed by atoms with Crippen molar-refractivity contribution < 1.29 is 9.53 Å². The number of ether oxygens (including phenoxy) is 1. The average Bonchev–Trinajstić information content (AvgIpc) is 3.29. The van der Waals surface area contributed by atoms with E-state index < -0.39 is 5.66 Å². The van der Waals surface area contributed by atoms with Gasteiger partial charge in [0.05, 0.1) is 12.8 Å². The first-order chi connectivity index (χ1) is 12.6. The van der Waals surface area contributed by atoms with Gasteiger partial charge in [-0.2, -0.15) is 15.3 Å². The summed E-state index contributed by atoms with van der Waals surface area (Å²) in [6.45, 7) is 0.487. The standard InChI is InChI=1S/C19H21N5O2/c1-4-5-9-19(22-23-19)10-11-20-18(25)14-6-7-17(26-3)15(13-14)16-8-12-24(2)21-16/h1,6-8,12-13H,5,9-11H2,2-3H3,(H,20,25). The molecule has 0 saturated carbocycles. The fourth-order valence-corrected chi connectivity index (χ4v) is 2.75. The van der Waals surface area contributed by atoms with Gasteiger partial charge in [-0.1, -0.05) is 0 Å². The smallest absolute Gasteiger partial charge is 0.251 e. The Labute approximate surface area is 152 Å². The second kappa shape index (κ2) is 7.40. The molecule has 1 aliphatic heterocycles. The van der Waals surface area contributed by atoms with Crippen LogP contribution in [0.1, 0.15) is 29.6 Å². The summed E-state index contributed by atoms with van der Waals surface area (Å²) < 4.78 is 7.10. The molecule has 0 saturated heterocycles. The van der Waals surface area contributed by atoms with Crippen LogP contribution in [0.25, 0.3) is 11.3 Å². The summed E-state index contributed by atoms with van der Waals surface area (Å²) in [6, 6.07) is 7.18. The average molecular weight is 351 g/mol. The monoisotopic (exact) mass is 351 g/mol. The molecule has 2 aromatic rings. The molecular formula is C19H21N5O2. The Kier molecular flexibility index (Phi) is 5.03. The number of rotatable bonds is 8. The number of methoxy groups -OCH3 is 1. The molecule has 2 heterocycles. The van der Waals surface area contributed by atoms with Crippen molar-refractivity contribution in [1.82, 2.24) is 15.1 Å². The summed E-state index contributed by atoms with van der Waals surface area (Å²) in [5.74, 6) is 3.11. The van der Waals surface area contributed by atoms with Crippen LogP contribution in [0.2, 0.25) is 0 Å². The maximum Gasteiger partial charge on any atom is 0.251 e. The third kappa shape index (κ3) is 3.91. The second-order valence-corrected chi connectivity index (χ2v) is 6.18. The SMILES string of the molecule is C#CCCC1(CCNC(=O)c2ccc(OC)c(-c3ccn(C)n3)c2)N=N1. The highest BCUT2D eigenvalue weighted by Gasteiger charge is 2.38. The van der Waals surface area contributed by atoms with E-state index in [1.807, 2.05) is 19.3 Å². The number of hydrogen-bond acceptors (Lipinski definition) is 5. The summed E-state index contributed by atoms with van der Waals surface area (Å²) >= 11 is 0. The molecule has 1 N–H and O–H groups in total. The van der Waals surface area contributed by atoms with Gasteiger partial charge in [-0.3, -0.25) is 9.48 Å². The largest absolute Gasteiger partial charge is 0.496 e. The Morgan fingerprint density at radius 3 is 2.77 bits per heavy atom. The second-order valence-electron chi connectivity index (χ2n) is 6.18. The van der Waals surface area contributed by atoms with Crippen molar-refractivity contribution in [1.29, 1.82) is 0 Å². The number of carbonyl (C=O) groups excluding carboxylic acids is 1.